The molecule has 0 aromatic heterocycles. The van der Waals surface area contributed by atoms with Crippen LogP contribution in [0.1, 0.15) is 42.5 Å². The van der Waals surface area contributed by atoms with Crippen molar-refractivity contribution in [1.29, 1.82) is 0 Å². The minimum Gasteiger partial charge on any atom is -0.486 e. The predicted molar refractivity (Wildman–Crippen MR) is 99.1 cm³/mol. The van der Waals surface area contributed by atoms with Gasteiger partial charge in [0.2, 0.25) is 5.91 Å². The molecular weight excluding hydrogens is 352 g/mol. The number of nitrogens with one attached hydrogen (secondary N) is 1. The summed E-state index contributed by atoms with van der Waals surface area (Å²) >= 11 is 1.59. The van der Waals surface area contributed by atoms with Gasteiger partial charge in [-0.05, 0) is 31.0 Å². The third-order valence-corrected chi connectivity index (χ3v) is 6.56. The van der Waals surface area contributed by atoms with E-state index in [1.54, 1.807) is 30.0 Å². The van der Waals surface area contributed by atoms with Gasteiger partial charge in [0.05, 0.1) is 10.6 Å². The molecule has 0 radical (unpaired) electrons. The Labute approximate surface area is 156 Å². The quantitative estimate of drug-likeness (QED) is 0.849. The Kier molecular flexibility index (Phi) is 4.80. The Morgan fingerprint density at radius 3 is 2.65 bits per heavy atom. The van der Waals surface area contributed by atoms with E-state index < -0.39 is 5.91 Å². The fourth-order valence-electron chi connectivity index (χ4n) is 3.88. The number of nitrogens with two attached hydrogens (primary N) is 1. The Morgan fingerprint density at radius 1 is 1.08 bits per heavy atom. The highest BCUT2D eigenvalue weighted by molar-refractivity contribution is 8.04. The summed E-state index contributed by atoms with van der Waals surface area (Å²) < 4.78 is 11.0. The molecular formula is C19H22N2O4S. The van der Waals surface area contributed by atoms with Crippen LogP contribution in [0, 0.1) is 5.92 Å². The average molecular weight is 374 g/mol. The number of rotatable bonds is 3. The molecule has 0 spiro atoms. The van der Waals surface area contributed by atoms with Crippen LogP contribution in [0.25, 0.3) is 0 Å². The fraction of sp³-hybridized carbons (Fsp3) is 0.474. The Bertz CT molecular complexity index is 777. The van der Waals surface area contributed by atoms with E-state index in [1.165, 1.54) is 6.42 Å². The van der Waals surface area contributed by atoms with E-state index in [0.29, 0.717) is 46.1 Å². The molecule has 2 heterocycles. The lowest BCUT2D eigenvalue weighted by molar-refractivity contribution is -0.115. The summed E-state index contributed by atoms with van der Waals surface area (Å²) in [5.41, 5.74) is 6.71. The molecule has 1 saturated carbocycles. The van der Waals surface area contributed by atoms with Crippen molar-refractivity contribution in [3.05, 3.63) is 34.4 Å². The summed E-state index contributed by atoms with van der Waals surface area (Å²) in [6.07, 6.45) is 5.46. The molecule has 26 heavy (non-hydrogen) atoms. The summed E-state index contributed by atoms with van der Waals surface area (Å²) in [6, 6.07) is 5.11. The molecule has 1 fully saturated rings. The van der Waals surface area contributed by atoms with Crippen molar-refractivity contribution in [3.63, 3.8) is 0 Å². The fourth-order valence-corrected chi connectivity index (χ4v) is 5.43. The molecule has 0 unspecified atom stereocenters. The molecule has 0 bridgehead atoms. The number of hydrogen-bond acceptors (Lipinski definition) is 5. The summed E-state index contributed by atoms with van der Waals surface area (Å²) in [5.74, 6) is 0.666. The van der Waals surface area contributed by atoms with Crippen LogP contribution in [0.3, 0.4) is 0 Å². The van der Waals surface area contributed by atoms with Crippen LogP contribution in [0.4, 0.5) is 0 Å². The zero-order chi connectivity index (χ0) is 18.1. The smallest absolute Gasteiger partial charge is 0.256 e. The van der Waals surface area contributed by atoms with Crippen molar-refractivity contribution in [2.75, 3.05) is 13.2 Å². The minimum absolute atomic E-state index is 0.149. The molecule has 3 aliphatic rings. The number of ether oxygens (including phenoxy) is 2. The molecule has 2 atom stereocenters. The second-order valence-electron chi connectivity index (χ2n) is 6.82. The van der Waals surface area contributed by atoms with Gasteiger partial charge in [-0.2, -0.15) is 0 Å². The number of benzene rings is 1. The molecule has 6 nitrogen and oxygen atoms in total. The van der Waals surface area contributed by atoms with Crippen LogP contribution in [-0.4, -0.2) is 30.3 Å². The van der Waals surface area contributed by atoms with Gasteiger partial charge >= 0.3 is 0 Å². The number of amides is 2. The average Bonchev–Trinajstić information content (AvgIpc) is 2.82. The molecule has 3 N–H and O–H groups in total. The first-order valence-corrected chi connectivity index (χ1v) is 9.93. The van der Waals surface area contributed by atoms with E-state index in [2.05, 4.69) is 5.32 Å². The standard InChI is InChI=1S/C19H22N2O4S/c20-17(22)16-12-4-2-1-3-5-15(12)26-19(16)21-18(23)11-6-7-13-14(10-11)25-9-8-24-13/h6-7,10,12,15H,1-5,8-9H2,(H2,20,22)(H,21,23)/t12-,15+/m0/s1. The normalized spacial score (nSPS) is 24.6. The first-order chi connectivity index (χ1) is 12.6. The minimum atomic E-state index is -0.427. The monoisotopic (exact) mass is 374 g/mol. The third-order valence-electron chi connectivity index (χ3n) is 5.13. The maximum Gasteiger partial charge on any atom is 0.256 e. The molecule has 2 amide bonds. The van der Waals surface area contributed by atoms with Crippen LogP contribution in [0.5, 0.6) is 11.5 Å². The van der Waals surface area contributed by atoms with Gasteiger partial charge in [0.1, 0.15) is 13.2 Å². The van der Waals surface area contributed by atoms with Crippen molar-refractivity contribution < 1.29 is 19.1 Å². The molecule has 1 aliphatic carbocycles. The second-order valence-corrected chi connectivity index (χ2v) is 8.07. The Hall–Kier alpha value is -2.15. The lowest BCUT2D eigenvalue weighted by Crippen LogP contribution is -2.27. The third kappa shape index (κ3) is 3.28. The topological polar surface area (TPSA) is 90.7 Å². The van der Waals surface area contributed by atoms with Crippen LogP contribution in [0.2, 0.25) is 0 Å². The van der Waals surface area contributed by atoms with Gasteiger partial charge in [0, 0.05) is 16.7 Å². The first kappa shape index (κ1) is 17.3. The van der Waals surface area contributed by atoms with Gasteiger partial charge in [-0.1, -0.05) is 19.3 Å². The summed E-state index contributed by atoms with van der Waals surface area (Å²) in [5, 5.41) is 3.87. The summed E-state index contributed by atoms with van der Waals surface area (Å²) in [6.45, 7) is 0.973. The molecule has 7 heteroatoms. The van der Waals surface area contributed by atoms with Gasteiger partial charge in [-0.25, -0.2) is 0 Å². The lowest BCUT2D eigenvalue weighted by atomic mass is 9.91. The van der Waals surface area contributed by atoms with Crippen LogP contribution >= 0.6 is 11.8 Å². The number of carbonyl (C=O) groups is 2. The Balaban J connectivity index is 1.56. The van der Waals surface area contributed by atoms with Gasteiger partial charge in [0.25, 0.3) is 5.91 Å². The summed E-state index contributed by atoms with van der Waals surface area (Å²) in [4.78, 5) is 24.8. The van der Waals surface area contributed by atoms with Crippen molar-refractivity contribution in [2.24, 2.45) is 11.7 Å². The SMILES string of the molecule is NC(=O)C1=C(NC(=O)c2ccc3c(c2)OCCO3)S[C@@H]2CCCCC[C@H]12. The van der Waals surface area contributed by atoms with Gasteiger partial charge in [-0.3, -0.25) is 9.59 Å². The first-order valence-electron chi connectivity index (χ1n) is 9.05. The van der Waals surface area contributed by atoms with E-state index in [-0.39, 0.29) is 11.8 Å². The lowest BCUT2D eigenvalue weighted by Gasteiger charge is -2.18. The second kappa shape index (κ2) is 7.23. The van der Waals surface area contributed by atoms with E-state index >= 15 is 0 Å². The maximum absolute atomic E-state index is 12.7. The largest absolute Gasteiger partial charge is 0.486 e. The number of thioether (sulfide) groups is 1. The van der Waals surface area contributed by atoms with Gasteiger partial charge < -0.3 is 20.5 Å². The van der Waals surface area contributed by atoms with E-state index in [9.17, 15) is 9.59 Å². The highest BCUT2D eigenvalue weighted by Crippen LogP contribution is 2.47. The van der Waals surface area contributed by atoms with E-state index in [1.807, 2.05) is 0 Å². The van der Waals surface area contributed by atoms with Crippen LogP contribution in [-0.2, 0) is 4.79 Å². The zero-order valence-corrected chi connectivity index (χ0v) is 15.3. The van der Waals surface area contributed by atoms with Crippen LogP contribution < -0.4 is 20.5 Å². The molecule has 2 aliphatic heterocycles. The number of hydrogen-bond donors (Lipinski definition) is 2. The highest BCUT2D eigenvalue weighted by Gasteiger charge is 2.39. The van der Waals surface area contributed by atoms with Crippen LogP contribution in [0.15, 0.2) is 28.8 Å². The number of fused-ring (bicyclic) bond motifs is 2. The number of primary amides is 1. The summed E-state index contributed by atoms with van der Waals surface area (Å²) in [7, 11) is 0. The number of carbonyl (C=O) groups excluding carboxylic acids is 2. The maximum atomic E-state index is 12.7. The molecule has 4 rings (SSSR count). The van der Waals surface area contributed by atoms with E-state index in [4.69, 9.17) is 15.2 Å². The molecule has 0 saturated heterocycles. The predicted octanol–water partition coefficient (Wildman–Crippen LogP) is 2.58. The van der Waals surface area contributed by atoms with Crippen molar-refractivity contribution in [1.82, 2.24) is 5.32 Å². The molecule has 1 aromatic carbocycles. The van der Waals surface area contributed by atoms with Crippen molar-refractivity contribution in [3.8, 4) is 11.5 Å². The van der Waals surface area contributed by atoms with Crippen molar-refractivity contribution >= 4 is 23.6 Å². The molecule has 138 valence electrons. The van der Waals surface area contributed by atoms with Gasteiger partial charge in [0.15, 0.2) is 11.5 Å². The zero-order valence-electron chi connectivity index (χ0n) is 14.5. The van der Waals surface area contributed by atoms with E-state index in [0.717, 1.165) is 25.7 Å². The van der Waals surface area contributed by atoms with Gasteiger partial charge in [-0.15, -0.1) is 11.8 Å². The molecule has 1 aromatic rings. The highest BCUT2D eigenvalue weighted by atomic mass is 32.2. The Morgan fingerprint density at radius 2 is 1.85 bits per heavy atom. The van der Waals surface area contributed by atoms with Crippen molar-refractivity contribution in [2.45, 2.75) is 37.4 Å².